The predicted octanol–water partition coefficient (Wildman–Crippen LogP) is 2.73. The Hall–Kier alpha value is -1.23. The van der Waals surface area contributed by atoms with Gasteiger partial charge in [0.1, 0.15) is 0 Å². The van der Waals surface area contributed by atoms with Crippen molar-refractivity contribution in [3.8, 4) is 11.5 Å². The van der Waals surface area contributed by atoms with Crippen molar-refractivity contribution in [2.45, 2.75) is 24.6 Å². The number of alkyl halides is 1. The highest BCUT2D eigenvalue weighted by atomic mass is 79.9. The van der Waals surface area contributed by atoms with E-state index in [0.717, 1.165) is 12.8 Å². The normalized spacial score (nSPS) is 18.3. The average molecular weight is 328 g/mol. The third-order valence-electron chi connectivity index (χ3n) is 3.72. The zero-order chi connectivity index (χ0) is 14.0. The van der Waals surface area contributed by atoms with E-state index in [1.807, 2.05) is 0 Å². The standard InChI is InChI=1S/C14H18BrNO3/c1-9(15)10-5-7-16(8-6-10)14(19)11-3-2-4-12(17)13(11)18/h2-4,9-10,17-18H,5-8H2,1H3. The molecule has 1 aliphatic heterocycles. The van der Waals surface area contributed by atoms with Crippen molar-refractivity contribution in [2.24, 2.45) is 5.92 Å². The van der Waals surface area contributed by atoms with Gasteiger partial charge in [-0.05, 0) is 30.9 Å². The number of hydrogen-bond donors (Lipinski definition) is 2. The van der Waals surface area contributed by atoms with Gasteiger partial charge in [0.25, 0.3) is 5.91 Å². The van der Waals surface area contributed by atoms with Crippen LogP contribution in [-0.4, -0.2) is 38.9 Å². The summed E-state index contributed by atoms with van der Waals surface area (Å²) in [5.41, 5.74) is 0.172. The van der Waals surface area contributed by atoms with Crippen LogP contribution >= 0.6 is 15.9 Å². The second-order valence-corrected chi connectivity index (χ2v) is 6.42. The van der Waals surface area contributed by atoms with Crippen LogP contribution in [0.25, 0.3) is 0 Å². The maximum atomic E-state index is 12.3. The van der Waals surface area contributed by atoms with Gasteiger partial charge < -0.3 is 15.1 Å². The molecule has 2 N–H and O–H groups in total. The van der Waals surface area contributed by atoms with Crippen LogP contribution in [0.3, 0.4) is 0 Å². The first kappa shape index (κ1) is 14.2. The van der Waals surface area contributed by atoms with Crippen LogP contribution in [0.1, 0.15) is 30.1 Å². The summed E-state index contributed by atoms with van der Waals surface area (Å²) in [5, 5.41) is 19.2. The highest BCUT2D eigenvalue weighted by molar-refractivity contribution is 9.09. The molecule has 19 heavy (non-hydrogen) atoms. The molecule has 0 spiro atoms. The number of phenols is 2. The lowest BCUT2D eigenvalue weighted by molar-refractivity contribution is 0.0688. The van der Waals surface area contributed by atoms with Crippen LogP contribution < -0.4 is 0 Å². The number of carbonyl (C=O) groups excluding carboxylic acids is 1. The second kappa shape index (κ2) is 5.82. The Labute approximate surface area is 121 Å². The molecule has 0 bridgehead atoms. The van der Waals surface area contributed by atoms with Gasteiger partial charge in [-0.1, -0.05) is 28.9 Å². The molecule has 5 heteroatoms. The third kappa shape index (κ3) is 3.03. The number of likely N-dealkylation sites (tertiary alicyclic amines) is 1. The van der Waals surface area contributed by atoms with Crippen molar-refractivity contribution in [3.63, 3.8) is 0 Å². The zero-order valence-electron chi connectivity index (χ0n) is 10.8. The summed E-state index contributed by atoms with van der Waals surface area (Å²) < 4.78 is 0. The van der Waals surface area contributed by atoms with Crippen molar-refractivity contribution in [1.82, 2.24) is 4.90 Å². The maximum absolute atomic E-state index is 12.3. The Kier molecular flexibility index (Phi) is 4.34. The minimum atomic E-state index is -0.330. The van der Waals surface area contributed by atoms with Crippen LogP contribution in [-0.2, 0) is 0 Å². The molecule has 0 aromatic heterocycles. The smallest absolute Gasteiger partial charge is 0.257 e. The first-order chi connectivity index (χ1) is 9.00. The molecule has 1 fully saturated rings. The molecule has 0 radical (unpaired) electrons. The molecule has 1 heterocycles. The Morgan fingerprint density at radius 3 is 2.58 bits per heavy atom. The van der Waals surface area contributed by atoms with Crippen molar-refractivity contribution < 1.29 is 15.0 Å². The Balaban J connectivity index is 2.07. The molecule has 0 aliphatic carbocycles. The topological polar surface area (TPSA) is 60.8 Å². The molecule has 1 aromatic rings. The van der Waals surface area contributed by atoms with Crippen molar-refractivity contribution >= 4 is 21.8 Å². The van der Waals surface area contributed by atoms with E-state index < -0.39 is 0 Å². The summed E-state index contributed by atoms with van der Waals surface area (Å²) in [6, 6.07) is 4.47. The van der Waals surface area contributed by atoms with Crippen LogP contribution in [0.5, 0.6) is 11.5 Å². The highest BCUT2D eigenvalue weighted by Crippen LogP contribution is 2.31. The van der Waals surface area contributed by atoms with E-state index in [0.29, 0.717) is 23.8 Å². The van der Waals surface area contributed by atoms with Crippen LogP contribution in [0.15, 0.2) is 18.2 Å². The van der Waals surface area contributed by atoms with Crippen LogP contribution in [0, 0.1) is 5.92 Å². The molecule has 1 saturated heterocycles. The molecule has 2 rings (SSSR count). The van der Waals surface area contributed by atoms with E-state index >= 15 is 0 Å². The van der Waals surface area contributed by atoms with Gasteiger partial charge >= 0.3 is 0 Å². The SMILES string of the molecule is CC(Br)C1CCN(C(=O)c2cccc(O)c2O)CC1. The summed E-state index contributed by atoms with van der Waals surface area (Å²) >= 11 is 3.58. The van der Waals surface area contributed by atoms with Crippen molar-refractivity contribution in [1.29, 1.82) is 0 Å². The fourth-order valence-corrected chi connectivity index (χ4v) is 2.96. The Morgan fingerprint density at radius 2 is 2.00 bits per heavy atom. The van der Waals surface area contributed by atoms with Gasteiger partial charge in [0.05, 0.1) is 5.56 Å². The monoisotopic (exact) mass is 327 g/mol. The number of benzene rings is 1. The zero-order valence-corrected chi connectivity index (χ0v) is 12.4. The number of piperidine rings is 1. The highest BCUT2D eigenvalue weighted by Gasteiger charge is 2.27. The molecule has 4 nitrogen and oxygen atoms in total. The fraction of sp³-hybridized carbons (Fsp3) is 0.500. The molecule has 1 unspecified atom stereocenters. The van der Waals surface area contributed by atoms with E-state index in [1.165, 1.54) is 12.1 Å². The number of nitrogens with zero attached hydrogens (tertiary/aromatic N) is 1. The van der Waals surface area contributed by atoms with E-state index in [9.17, 15) is 15.0 Å². The minimum absolute atomic E-state index is 0.172. The summed E-state index contributed by atoms with van der Waals surface area (Å²) in [6.45, 7) is 3.51. The quantitative estimate of drug-likeness (QED) is 0.648. The Bertz CT molecular complexity index is 468. The van der Waals surface area contributed by atoms with E-state index in [-0.39, 0.29) is 23.0 Å². The largest absolute Gasteiger partial charge is 0.504 e. The number of amides is 1. The molecular weight excluding hydrogens is 310 g/mol. The summed E-state index contributed by atoms with van der Waals surface area (Å²) in [7, 11) is 0. The van der Waals surface area contributed by atoms with E-state index in [4.69, 9.17) is 0 Å². The number of para-hydroxylation sites is 1. The van der Waals surface area contributed by atoms with Gasteiger partial charge in [0.2, 0.25) is 0 Å². The lowest BCUT2D eigenvalue weighted by Gasteiger charge is -2.33. The summed E-state index contributed by atoms with van der Waals surface area (Å²) in [6.07, 6.45) is 1.91. The Morgan fingerprint density at radius 1 is 1.37 bits per heavy atom. The molecule has 104 valence electrons. The molecule has 1 aromatic carbocycles. The molecule has 1 amide bonds. The van der Waals surface area contributed by atoms with E-state index in [1.54, 1.807) is 11.0 Å². The predicted molar refractivity (Wildman–Crippen MR) is 76.8 cm³/mol. The third-order valence-corrected chi connectivity index (χ3v) is 4.47. The number of halogens is 1. The molecular formula is C14H18BrNO3. The van der Waals surface area contributed by atoms with Gasteiger partial charge in [-0.15, -0.1) is 0 Å². The molecule has 1 aliphatic rings. The summed E-state index contributed by atoms with van der Waals surface area (Å²) in [5.74, 6) is -0.214. The average Bonchev–Trinajstić information content (AvgIpc) is 2.41. The number of carbonyl (C=O) groups is 1. The van der Waals surface area contributed by atoms with Crippen LogP contribution in [0.4, 0.5) is 0 Å². The number of aromatic hydroxyl groups is 2. The molecule has 1 atom stereocenters. The van der Waals surface area contributed by atoms with E-state index in [2.05, 4.69) is 22.9 Å². The number of hydrogen-bond acceptors (Lipinski definition) is 3. The van der Waals surface area contributed by atoms with Crippen LogP contribution in [0.2, 0.25) is 0 Å². The maximum Gasteiger partial charge on any atom is 0.257 e. The second-order valence-electron chi connectivity index (χ2n) is 4.98. The van der Waals surface area contributed by atoms with Gasteiger partial charge in [0.15, 0.2) is 11.5 Å². The first-order valence-corrected chi connectivity index (χ1v) is 7.36. The van der Waals surface area contributed by atoms with Gasteiger partial charge in [0, 0.05) is 17.9 Å². The van der Waals surface area contributed by atoms with Crippen molar-refractivity contribution in [2.75, 3.05) is 13.1 Å². The lowest BCUT2D eigenvalue weighted by atomic mass is 9.94. The van der Waals surface area contributed by atoms with Crippen molar-refractivity contribution in [3.05, 3.63) is 23.8 Å². The number of phenolic OH excluding ortho intramolecular Hbond substituents is 2. The van der Waals surface area contributed by atoms with Gasteiger partial charge in [-0.25, -0.2) is 0 Å². The first-order valence-electron chi connectivity index (χ1n) is 6.45. The minimum Gasteiger partial charge on any atom is -0.504 e. The fourth-order valence-electron chi connectivity index (χ4n) is 2.44. The lowest BCUT2D eigenvalue weighted by Crippen LogP contribution is -2.39. The van der Waals surface area contributed by atoms with Gasteiger partial charge in [-0.2, -0.15) is 0 Å². The summed E-state index contributed by atoms with van der Waals surface area (Å²) in [4.78, 5) is 14.5. The molecule has 0 saturated carbocycles. The van der Waals surface area contributed by atoms with Gasteiger partial charge in [-0.3, -0.25) is 4.79 Å². The number of rotatable bonds is 2.